The van der Waals surface area contributed by atoms with E-state index in [-0.39, 0.29) is 5.82 Å². The van der Waals surface area contributed by atoms with E-state index >= 15 is 0 Å². The lowest BCUT2D eigenvalue weighted by Gasteiger charge is -2.36. The molecule has 1 aromatic carbocycles. The Morgan fingerprint density at radius 1 is 1.50 bits per heavy atom. The van der Waals surface area contributed by atoms with Crippen molar-refractivity contribution in [1.29, 1.82) is 0 Å². The maximum absolute atomic E-state index is 13.0. The molecular formula is C11H15FN2. The van der Waals surface area contributed by atoms with E-state index in [1.165, 1.54) is 6.07 Å². The Morgan fingerprint density at radius 3 is 2.79 bits per heavy atom. The second kappa shape index (κ2) is 3.67. The number of rotatable bonds is 2. The maximum Gasteiger partial charge on any atom is 0.126 e. The first-order chi connectivity index (χ1) is 6.65. The Bertz CT molecular complexity index is 332. The van der Waals surface area contributed by atoms with Crippen LogP contribution in [-0.4, -0.2) is 24.0 Å². The first-order valence-electron chi connectivity index (χ1n) is 4.88. The van der Waals surface area contributed by atoms with Crippen LogP contribution >= 0.6 is 0 Å². The smallest absolute Gasteiger partial charge is 0.126 e. The summed E-state index contributed by atoms with van der Waals surface area (Å²) in [7, 11) is 0. The van der Waals surface area contributed by atoms with Gasteiger partial charge in [0, 0.05) is 25.7 Å². The number of benzene rings is 1. The number of aryl methyl sites for hydroxylation is 1. The van der Waals surface area contributed by atoms with Crippen molar-refractivity contribution in [2.75, 3.05) is 13.1 Å². The molecule has 0 spiro atoms. The van der Waals surface area contributed by atoms with E-state index in [0.717, 1.165) is 25.2 Å². The average Bonchev–Trinajstić information content (AvgIpc) is 2.09. The third kappa shape index (κ3) is 1.94. The summed E-state index contributed by atoms with van der Waals surface area (Å²) in [6, 6.07) is 5.60. The van der Waals surface area contributed by atoms with Gasteiger partial charge in [0.15, 0.2) is 0 Å². The fraction of sp³-hybridized carbons (Fsp3) is 0.455. The van der Waals surface area contributed by atoms with Gasteiger partial charge in [-0.05, 0) is 24.1 Å². The van der Waals surface area contributed by atoms with E-state index in [4.69, 9.17) is 5.73 Å². The average molecular weight is 194 g/mol. The third-order valence-corrected chi connectivity index (χ3v) is 2.61. The molecule has 2 rings (SSSR count). The predicted molar refractivity (Wildman–Crippen MR) is 54.4 cm³/mol. The van der Waals surface area contributed by atoms with E-state index in [2.05, 4.69) is 4.90 Å². The molecule has 0 radical (unpaired) electrons. The number of nitrogens with zero attached hydrogens (tertiary/aromatic N) is 1. The van der Waals surface area contributed by atoms with Crippen LogP contribution in [0.3, 0.4) is 0 Å². The van der Waals surface area contributed by atoms with Crippen LogP contribution < -0.4 is 5.73 Å². The van der Waals surface area contributed by atoms with Crippen LogP contribution in [0.25, 0.3) is 0 Å². The zero-order chi connectivity index (χ0) is 10.1. The Morgan fingerprint density at radius 2 is 2.21 bits per heavy atom. The summed E-state index contributed by atoms with van der Waals surface area (Å²) in [5, 5.41) is 0. The lowest BCUT2D eigenvalue weighted by molar-refractivity contribution is 0.142. The molecular weight excluding hydrogens is 179 g/mol. The molecule has 0 bridgehead atoms. The molecule has 0 saturated carbocycles. The van der Waals surface area contributed by atoms with E-state index < -0.39 is 0 Å². The number of likely N-dealkylation sites (tertiary alicyclic amines) is 1. The van der Waals surface area contributed by atoms with Gasteiger partial charge >= 0.3 is 0 Å². The van der Waals surface area contributed by atoms with Crippen LogP contribution in [0.4, 0.5) is 4.39 Å². The molecule has 1 saturated heterocycles. The minimum Gasteiger partial charge on any atom is -0.325 e. The maximum atomic E-state index is 13.0. The Balaban J connectivity index is 2.00. The topological polar surface area (TPSA) is 29.3 Å². The predicted octanol–water partition coefficient (Wildman–Crippen LogP) is 1.28. The highest BCUT2D eigenvalue weighted by atomic mass is 19.1. The van der Waals surface area contributed by atoms with E-state index in [0.29, 0.717) is 11.6 Å². The van der Waals surface area contributed by atoms with Gasteiger partial charge in [-0.2, -0.15) is 0 Å². The van der Waals surface area contributed by atoms with Gasteiger partial charge in [-0.1, -0.05) is 12.1 Å². The summed E-state index contributed by atoms with van der Waals surface area (Å²) in [6.07, 6.45) is 0. The van der Waals surface area contributed by atoms with Crippen molar-refractivity contribution >= 4 is 0 Å². The van der Waals surface area contributed by atoms with Crippen LogP contribution in [0.5, 0.6) is 0 Å². The van der Waals surface area contributed by atoms with Gasteiger partial charge < -0.3 is 5.73 Å². The second-order valence-corrected chi connectivity index (χ2v) is 4.04. The second-order valence-electron chi connectivity index (χ2n) is 4.04. The van der Waals surface area contributed by atoms with Crippen molar-refractivity contribution in [2.45, 2.75) is 19.5 Å². The highest BCUT2D eigenvalue weighted by Gasteiger charge is 2.22. The molecule has 1 aliphatic rings. The molecule has 2 N–H and O–H groups in total. The number of hydrogen-bond donors (Lipinski definition) is 1. The minimum absolute atomic E-state index is 0.130. The zero-order valence-electron chi connectivity index (χ0n) is 8.33. The summed E-state index contributed by atoms with van der Waals surface area (Å²) >= 11 is 0. The summed E-state index contributed by atoms with van der Waals surface area (Å²) in [5.41, 5.74) is 7.55. The summed E-state index contributed by atoms with van der Waals surface area (Å²) < 4.78 is 13.0. The van der Waals surface area contributed by atoms with Crippen LogP contribution in [0.2, 0.25) is 0 Å². The Kier molecular flexibility index (Phi) is 2.52. The molecule has 2 nitrogen and oxygen atoms in total. The van der Waals surface area contributed by atoms with Gasteiger partial charge in [0.25, 0.3) is 0 Å². The first-order valence-corrected chi connectivity index (χ1v) is 4.88. The molecule has 0 aliphatic carbocycles. The minimum atomic E-state index is -0.130. The van der Waals surface area contributed by atoms with Crippen LogP contribution in [-0.2, 0) is 6.54 Å². The number of nitrogens with two attached hydrogens (primary N) is 1. The van der Waals surface area contributed by atoms with Crippen molar-refractivity contribution in [2.24, 2.45) is 5.73 Å². The van der Waals surface area contributed by atoms with Gasteiger partial charge in [-0.15, -0.1) is 0 Å². The molecule has 0 unspecified atom stereocenters. The summed E-state index contributed by atoms with van der Waals surface area (Å²) in [4.78, 5) is 2.26. The fourth-order valence-corrected chi connectivity index (χ4v) is 1.80. The molecule has 1 aromatic rings. The van der Waals surface area contributed by atoms with Gasteiger partial charge in [-0.3, -0.25) is 4.90 Å². The van der Waals surface area contributed by atoms with Crippen LogP contribution in [0.15, 0.2) is 18.2 Å². The standard InChI is InChI=1S/C11H15FN2/c1-8-4-9(2-3-11(8)12)5-14-6-10(13)7-14/h2-4,10H,5-7,13H2,1H3. The largest absolute Gasteiger partial charge is 0.325 e. The van der Waals surface area contributed by atoms with Crippen molar-refractivity contribution in [3.8, 4) is 0 Å². The van der Waals surface area contributed by atoms with Gasteiger partial charge in [0.2, 0.25) is 0 Å². The SMILES string of the molecule is Cc1cc(CN2CC(N)C2)ccc1F. The molecule has 0 atom stereocenters. The lowest BCUT2D eigenvalue weighted by atomic mass is 10.1. The van der Waals surface area contributed by atoms with Crippen molar-refractivity contribution in [3.63, 3.8) is 0 Å². The fourth-order valence-electron chi connectivity index (χ4n) is 1.80. The normalized spacial score (nSPS) is 18.2. The third-order valence-electron chi connectivity index (χ3n) is 2.61. The molecule has 3 heteroatoms. The highest BCUT2D eigenvalue weighted by Crippen LogP contribution is 2.14. The van der Waals surface area contributed by atoms with Gasteiger partial charge in [-0.25, -0.2) is 4.39 Å². The van der Waals surface area contributed by atoms with Crippen LogP contribution in [0, 0.1) is 12.7 Å². The summed E-state index contributed by atoms with van der Waals surface area (Å²) in [6.45, 7) is 4.59. The monoisotopic (exact) mass is 194 g/mol. The first kappa shape index (κ1) is 9.62. The zero-order valence-corrected chi connectivity index (χ0v) is 8.33. The van der Waals surface area contributed by atoms with Gasteiger partial charge in [0.1, 0.15) is 5.82 Å². The van der Waals surface area contributed by atoms with Crippen molar-refractivity contribution in [1.82, 2.24) is 4.90 Å². The number of hydrogen-bond acceptors (Lipinski definition) is 2. The molecule has 0 aromatic heterocycles. The Hall–Kier alpha value is -0.930. The van der Waals surface area contributed by atoms with Crippen LogP contribution in [0.1, 0.15) is 11.1 Å². The van der Waals surface area contributed by atoms with E-state index in [1.807, 2.05) is 12.1 Å². The molecule has 14 heavy (non-hydrogen) atoms. The quantitative estimate of drug-likeness (QED) is 0.768. The van der Waals surface area contributed by atoms with Crippen molar-refractivity contribution in [3.05, 3.63) is 35.1 Å². The summed E-state index contributed by atoms with van der Waals surface area (Å²) in [5.74, 6) is -0.130. The molecule has 76 valence electrons. The molecule has 1 aliphatic heterocycles. The Labute approximate surface area is 83.5 Å². The lowest BCUT2D eigenvalue weighted by Crippen LogP contribution is -2.54. The molecule has 1 fully saturated rings. The van der Waals surface area contributed by atoms with Gasteiger partial charge in [0.05, 0.1) is 0 Å². The molecule has 0 amide bonds. The van der Waals surface area contributed by atoms with Crippen molar-refractivity contribution < 1.29 is 4.39 Å². The molecule has 1 heterocycles. The van der Waals surface area contributed by atoms with E-state index in [9.17, 15) is 4.39 Å². The number of halogens is 1. The highest BCUT2D eigenvalue weighted by molar-refractivity contribution is 5.24. The van der Waals surface area contributed by atoms with E-state index in [1.54, 1.807) is 6.92 Å².